The molecule has 3 nitrogen and oxygen atoms in total. The van der Waals surface area contributed by atoms with Crippen LogP contribution in [0.3, 0.4) is 0 Å². The number of carboxylic acid groups (broad SMARTS) is 1. The molecule has 1 rings (SSSR count). The fourth-order valence-electron chi connectivity index (χ4n) is 0.751. The van der Waals surface area contributed by atoms with E-state index in [1.807, 2.05) is 30.3 Å². The first-order valence-electron chi connectivity index (χ1n) is 4.29. The topological polar surface area (TPSA) is 49.3 Å². The third kappa shape index (κ3) is 11.0. The fraction of sp³-hybridized carbons (Fsp3) is 0.300. The maximum absolute atomic E-state index is 9.00. The van der Waals surface area contributed by atoms with Crippen molar-refractivity contribution in [1.29, 1.82) is 0 Å². The van der Waals surface area contributed by atoms with Crippen molar-refractivity contribution < 1.29 is 9.90 Å². The van der Waals surface area contributed by atoms with Crippen LogP contribution in [0.1, 0.15) is 6.92 Å². The van der Waals surface area contributed by atoms with E-state index in [0.717, 1.165) is 12.6 Å². The lowest BCUT2D eigenvalue weighted by Gasteiger charge is -2.04. The van der Waals surface area contributed by atoms with Gasteiger partial charge in [0.1, 0.15) is 4.84 Å². The summed E-state index contributed by atoms with van der Waals surface area (Å²) in [6.45, 7) is 1.66. The lowest BCUT2D eigenvalue weighted by molar-refractivity contribution is -0.134. The van der Waals surface area contributed by atoms with Gasteiger partial charge >= 0.3 is 0 Å². The van der Waals surface area contributed by atoms with E-state index in [-0.39, 0.29) is 4.84 Å². The number of benzene rings is 1. The van der Waals surface area contributed by atoms with E-state index in [9.17, 15) is 0 Å². The van der Waals surface area contributed by atoms with Gasteiger partial charge in [0.05, 0.1) is 0 Å². The van der Waals surface area contributed by atoms with Gasteiger partial charge < -0.3 is 10.4 Å². The highest BCUT2D eigenvalue weighted by Crippen LogP contribution is 2.07. The molecule has 1 aromatic carbocycles. The Balaban J connectivity index is 0.000000423. The van der Waals surface area contributed by atoms with Crippen LogP contribution in [0.25, 0.3) is 0 Å². The van der Waals surface area contributed by atoms with Crippen molar-refractivity contribution in [1.82, 2.24) is 0 Å². The minimum absolute atomic E-state index is 0.352. The Kier molecular flexibility index (Phi) is 7.86. The third-order valence-corrected chi connectivity index (χ3v) is 1.54. The summed E-state index contributed by atoms with van der Waals surface area (Å²) in [6.07, 6.45) is 0. The molecular formula is C10H13Cl2NO2. The molecule has 15 heavy (non-hydrogen) atoms. The van der Waals surface area contributed by atoms with E-state index >= 15 is 0 Å². The van der Waals surface area contributed by atoms with Gasteiger partial charge in [0.15, 0.2) is 0 Å². The Hall–Kier alpha value is -0.930. The van der Waals surface area contributed by atoms with E-state index in [1.54, 1.807) is 0 Å². The first-order chi connectivity index (χ1) is 7.02. The number of hydrogen-bond donors (Lipinski definition) is 2. The van der Waals surface area contributed by atoms with Crippen molar-refractivity contribution >= 4 is 34.9 Å². The molecule has 84 valence electrons. The molecule has 0 amide bonds. The summed E-state index contributed by atoms with van der Waals surface area (Å²) in [5.74, 6) is -0.833. The van der Waals surface area contributed by atoms with Crippen molar-refractivity contribution in [3.05, 3.63) is 30.3 Å². The molecule has 0 spiro atoms. The zero-order chi connectivity index (χ0) is 11.7. The second-order valence-corrected chi connectivity index (χ2v) is 3.93. The first kappa shape index (κ1) is 14.1. The molecule has 0 aliphatic carbocycles. The van der Waals surface area contributed by atoms with E-state index in [4.69, 9.17) is 33.1 Å². The van der Waals surface area contributed by atoms with Crippen LogP contribution in [0.15, 0.2) is 30.3 Å². The van der Waals surface area contributed by atoms with Gasteiger partial charge in [0.25, 0.3) is 5.97 Å². The molecule has 0 aromatic heterocycles. The number of halogens is 2. The summed E-state index contributed by atoms with van der Waals surface area (Å²) in [4.78, 5) is 8.65. The van der Waals surface area contributed by atoms with Crippen LogP contribution in [0.5, 0.6) is 0 Å². The Morgan fingerprint density at radius 1 is 1.40 bits per heavy atom. The van der Waals surface area contributed by atoms with E-state index in [2.05, 4.69) is 5.32 Å². The number of para-hydroxylation sites is 1. The standard InChI is InChI=1S/C8H9Cl2N.C2H4O2/c9-8(10)6-11-7-4-2-1-3-5-7;1-2(3)4/h1-5,8,11H,6H2;1H3,(H,3,4). The molecule has 2 N–H and O–H groups in total. The van der Waals surface area contributed by atoms with Crippen molar-refractivity contribution in [2.24, 2.45) is 0 Å². The van der Waals surface area contributed by atoms with Gasteiger partial charge in [-0.15, -0.1) is 23.2 Å². The molecule has 0 atom stereocenters. The third-order valence-electron chi connectivity index (χ3n) is 1.23. The fourth-order valence-corrected chi connectivity index (χ4v) is 0.905. The average Bonchev–Trinajstić information content (AvgIpc) is 2.15. The zero-order valence-corrected chi connectivity index (χ0v) is 9.79. The second-order valence-electron chi connectivity index (χ2n) is 2.66. The highest BCUT2D eigenvalue weighted by molar-refractivity contribution is 6.44. The summed E-state index contributed by atoms with van der Waals surface area (Å²) in [5.41, 5.74) is 1.04. The van der Waals surface area contributed by atoms with Crippen LogP contribution in [0, 0.1) is 0 Å². The van der Waals surface area contributed by atoms with Gasteiger partial charge in [0, 0.05) is 19.2 Å². The van der Waals surface area contributed by atoms with Gasteiger partial charge in [-0.1, -0.05) is 18.2 Å². The Morgan fingerprint density at radius 2 is 1.87 bits per heavy atom. The molecule has 5 heteroatoms. The maximum Gasteiger partial charge on any atom is 0.300 e. The number of rotatable bonds is 3. The normalized spacial score (nSPS) is 9.07. The summed E-state index contributed by atoms with van der Waals surface area (Å²) in [7, 11) is 0. The SMILES string of the molecule is CC(=O)O.ClC(Cl)CNc1ccccc1. The quantitative estimate of drug-likeness (QED) is 0.811. The van der Waals surface area contributed by atoms with Crippen LogP contribution in [0.4, 0.5) is 5.69 Å². The minimum Gasteiger partial charge on any atom is -0.481 e. The van der Waals surface area contributed by atoms with Crippen molar-refractivity contribution in [3.63, 3.8) is 0 Å². The molecule has 0 aliphatic heterocycles. The van der Waals surface area contributed by atoms with E-state index in [1.165, 1.54) is 0 Å². The van der Waals surface area contributed by atoms with Crippen LogP contribution in [0.2, 0.25) is 0 Å². The van der Waals surface area contributed by atoms with Crippen molar-refractivity contribution in [2.45, 2.75) is 11.8 Å². The van der Waals surface area contributed by atoms with Gasteiger partial charge in [-0.2, -0.15) is 0 Å². The number of carboxylic acids is 1. The number of hydrogen-bond acceptors (Lipinski definition) is 2. The highest BCUT2D eigenvalue weighted by Gasteiger charge is 1.96. The number of anilines is 1. The van der Waals surface area contributed by atoms with Gasteiger partial charge in [-0.25, -0.2) is 0 Å². The first-order valence-corrected chi connectivity index (χ1v) is 5.16. The molecule has 0 fully saturated rings. The zero-order valence-electron chi connectivity index (χ0n) is 8.28. The highest BCUT2D eigenvalue weighted by atomic mass is 35.5. The number of alkyl halides is 2. The minimum atomic E-state index is -0.833. The molecule has 0 saturated heterocycles. The molecule has 0 saturated carbocycles. The predicted octanol–water partition coefficient (Wildman–Crippen LogP) is 2.99. The van der Waals surface area contributed by atoms with Crippen LogP contribution >= 0.6 is 23.2 Å². The van der Waals surface area contributed by atoms with Crippen LogP contribution < -0.4 is 5.32 Å². The largest absolute Gasteiger partial charge is 0.481 e. The Labute approximate surface area is 99.0 Å². The summed E-state index contributed by atoms with van der Waals surface area (Å²) < 4.78 is 0. The maximum atomic E-state index is 9.00. The Bertz CT molecular complexity index is 274. The molecule has 0 unspecified atom stereocenters. The van der Waals surface area contributed by atoms with Crippen LogP contribution in [-0.2, 0) is 4.79 Å². The average molecular weight is 250 g/mol. The molecule has 1 aromatic rings. The second kappa shape index (κ2) is 8.38. The molecule has 0 bridgehead atoms. The summed E-state index contributed by atoms with van der Waals surface area (Å²) in [5, 5.41) is 10.5. The van der Waals surface area contributed by atoms with Crippen molar-refractivity contribution in [2.75, 3.05) is 11.9 Å². The number of nitrogens with one attached hydrogen (secondary N) is 1. The lowest BCUT2D eigenvalue weighted by Crippen LogP contribution is -2.07. The predicted molar refractivity (Wildman–Crippen MR) is 63.7 cm³/mol. The molecule has 0 aliphatic rings. The molecule has 0 heterocycles. The lowest BCUT2D eigenvalue weighted by atomic mass is 10.3. The monoisotopic (exact) mass is 249 g/mol. The van der Waals surface area contributed by atoms with Gasteiger partial charge in [-0.05, 0) is 12.1 Å². The Morgan fingerprint density at radius 3 is 2.27 bits per heavy atom. The van der Waals surface area contributed by atoms with Crippen molar-refractivity contribution in [3.8, 4) is 0 Å². The van der Waals surface area contributed by atoms with E-state index < -0.39 is 5.97 Å². The number of aliphatic carboxylic acids is 1. The van der Waals surface area contributed by atoms with E-state index in [0.29, 0.717) is 6.54 Å². The summed E-state index contributed by atoms with van der Waals surface area (Å²) in [6, 6.07) is 9.82. The van der Waals surface area contributed by atoms with Crippen LogP contribution in [-0.4, -0.2) is 22.5 Å². The summed E-state index contributed by atoms with van der Waals surface area (Å²) >= 11 is 11.1. The smallest absolute Gasteiger partial charge is 0.300 e. The molecule has 0 radical (unpaired) electrons. The van der Waals surface area contributed by atoms with Gasteiger partial charge in [-0.3, -0.25) is 4.79 Å². The number of carbonyl (C=O) groups is 1. The molecular weight excluding hydrogens is 237 g/mol. The van der Waals surface area contributed by atoms with Gasteiger partial charge in [0.2, 0.25) is 0 Å².